The van der Waals surface area contributed by atoms with Crippen molar-refractivity contribution in [1.82, 2.24) is 60.8 Å². The van der Waals surface area contributed by atoms with Crippen LogP contribution in [-0.2, 0) is 0 Å². The molecular formula is C8H14N22O4. The number of fused-ring (bicyclic) bond motifs is 1. The van der Waals surface area contributed by atoms with Crippen LogP contribution in [0.15, 0.2) is 0 Å². The lowest BCUT2D eigenvalue weighted by atomic mass is 10.4. The number of guanidine groups is 2. The predicted molar refractivity (Wildman–Crippen MR) is 102 cm³/mol. The zero-order chi connectivity index (χ0) is 25.4. The fraction of sp³-hybridized carbons (Fsp3) is 0. The van der Waals surface area contributed by atoms with Crippen molar-refractivity contribution in [3.63, 3.8) is 0 Å². The number of hydrazine groups is 2. The molecule has 4 aromatic rings. The van der Waals surface area contributed by atoms with Gasteiger partial charge in [-0.15, -0.1) is 10.4 Å². The second kappa shape index (κ2) is 10.2. The number of nitrogens with two attached hydrogens (primary N) is 6. The van der Waals surface area contributed by atoms with Gasteiger partial charge < -0.3 is 20.2 Å². The van der Waals surface area contributed by atoms with E-state index in [4.69, 9.17) is 22.9 Å². The molecule has 0 spiro atoms. The highest BCUT2D eigenvalue weighted by atomic mass is 16.6. The van der Waals surface area contributed by atoms with Crippen LogP contribution in [0, 0.1) is 20.2 Å². The Morgan fingerprint density at radius 1 is 0.765 bits per heavy atom. The zero-order valence-electron chi connectivity index (χ0n) is 16.4. The molecule has 0 atom stereocenters. The summed E-state index contributed by atoms with van der Waals surface area (Å²) in [5.74, 6) is 7.19. The molecule has 34 heavy (non-hydrogen) atoms. The molecule has 0 aromatic carbocycles. The standard InChI is InChI=1S/C6N14O4.2CH6N4/c21-19(22)3-1-2(18(11-3)6-9-15-16-10-6)4(20(23)24)12-17(1)5-7-13-14-8-5;2*2-1(3)5-4/h;2*4H2,(H4,2,3,5)/q-2;;/p+2. The van der Waals surface area contributed by atoms with Gasteiger partial charge in [-0.1, -0.05) is 0 Å². The van der Waals surface area contributed by atoms with Gasteiger partial charge in [0.2, 0.25) is 0 Å². The fourth-order valence-electron chi connectivity index (χ4n) is 1.97. The van der Waals surface area contributed by atoms with Crippen LogP contribution in [0.25, 0.3) is 22.9 Å². The Morgan fingerprint density at radius 3 is 1.29 bits per heavy atom. The monoisotopic (exact) mass is 482 g/mol. The Kier molecular flexibility index (Phi) is 7.20. The molecule has 0 unspecified atom stereocenters. The van der Waals surface area contributed by atoms with Crippen LogP contribution >= 0.6 is 0 Å². The number of rotatable bonds is 4. The van der Waals surface area contributed by atoms with Gasteiger partial charge in [0.25, 0.3) is 0 Å². The minimum atomic E-state index is -0.867. The first-order chi connectivity index (χ1) is 16.1. The number of tetrazole rings is 2. The molecule has 0 aliphatic carbocycles. The van der Waals surface area contributed by atoms with Gasteiger partial charge in [-0.25, -0.2) is 10.2 Å². The molecule has 0 fully saturated rings. The van der Waals surface area contributed by atoms with Gasteiger partial charge in [-0.3, -0.25) is 44.8 Å². The van der Waals surface area contributed by atoms with Crippen molar-refractivity contribution in [3.05, 3.63) is 20.2 Å². The molecule has 4 heterocycles. The number of hydrazone groups is 2. The number of aromatic nitrogens is 12. The van der Waals surface area contributed by atoms with Crippen molar-refractivity contribution >= 4 is 34.6 Å². The summed E-state index contributed by atoms with van der Waals surface area (Å²) in [5, 5.41) is 60.6. The second-order valence-electron chi connectivity index (χ2n) is 5.24. The number of nitro groups is 2. The first-order valence-electron chi connectivity index (χ1n) is 8.00. The highest BCUT2D eigenvalue weighted by Gasteiger charge is 2.34. The lowest BCUT2D eigenvalue weighted by Crippen LogP contribution is -2.84. The summed E-state index contributed by atoms with van der Waals surface area (Å²) >= 11 is 0. The summed E-state index contributed by atoms with van der Waals surface area (Å²) in [4.78, 5) is 20.8. The molecule has 0 bridgehead atoms. The largest absolute Gasteiger partial charge is 0.396 e. The molecule has 26 heteroatoms. The molecule has 0 aliphatic heterocycles. The van der Waals surface area contributed by atoms with Crippen molar-refractivity contribution in [3.8, 4) is 11.9 Å². The third-order valence-electron chi connectivity index (χ3n) is 3.14. The van der Waals surface area contributed by atoms with Crippen LogP contribution in [0.1, 0.15) is 0 Å². The van der Waals surface area contributed by atoms with E-state index in [9.17, 15) is 20.2 Å². The third kappa shape index (κ3) is 5.08. The molecule has 4 rings (SSSR count). The fourth-order valence-corrected chi connectivity index (χ4v) is 1.97. The minimum Gasteiger partial charge on any atom is -0.358 e. The Bertz CT molecular complexity index is 1200. The van der Waals surface area contributed by atoms with Gasteiger partial charge in [-0.2, -0.15) is 30.0 Å². The molecule has 0 aliphatic rings. The zero-order valence-corrected chi connectivity index (χ0v) is 16.4. The third-order valence-corrected chi connectivity index (χ3v) is 3.14. The van der Waals surface area contributed by atoms with Crippen molar-refractivity contribution in [2.75, 3.05) is 0 Å². The minimum absolute atomic E-state index is 0.0324. The lowest BCUT2D eigenvalue weighted by Gasteiger charge is -1.96. The molecule has 14 N–H and O–H groups in total. The molecule has 0 radical (unpaired) electrons. The highest BCUT2D eigenvalue weighted by Crippen LogP contribution is 2.33. The molecule has 4 aromatic heterocycles. The van der Waals surface area contributed by atoms with Gasteiger partial charge in [-0.05, 0) is 9.85 Å². The van der Waals surface area contributed by atoms with Gasteiger partial charge in [0.15, 0.2) is 11.0 Å². The Morgan fingerprint density at radius 2 is 1.09 bits per heavy atom. The van der Waals surface area contributed by atoms with Crippen LogP contribution in [0.3, 0.4) is 0 Å². The van der Waals surface area contributed by atoms with Crippen LogP contribution in [0.5, 0.6) is 0 Å². The Balaban J connectivity index is 0.000000347. The maximum absolute atomic E-state index is 11.3. The normalized spacial score (nSPS) is 9.76. The van der Waals surface area contributed by atoms with E-state index in [0.29, 0.717) is 0 Å². The maximum Gasteiger partial charge on any atom is 0.396 e. The SMILES string of the molecule is N[NH+]=C(N)N.N[NH+]=C(N)N.O=[N+]([O-])c1nn(-c2nnn[n-]2)c2c([N+](=O)[O-])nn(-c3nnn[n-]3)c12. The van der Waals surface area contributed by atoms with Crippen LogP contribution < -0.4 is 55.0 Å². The van der Waals surface area contributed by atoms with E-state index in [0.717, 1.165) is 9.36 Å². The number of hydrogen-bond acceptors (Lipinski definition) is 14. The van der Waals surface area contributed by atoms with E-state index in [1.54, 1.807) is 0 Å². The molecule has 0 saturated carbocycles. The van der Waals surface area contributed by atoms with Crippen molar-refractivity contribution in [2.24, 2.45) is 34.6 Å². The smallest absolute Gasteiger partial charge is 0.358 e. The summed E-state index contributed by atoms with van der Waals surface area (Å²) in [6, 6.07) is 0. The van der Waals surface area contributed by atoms with Gasteiger partial charge in [0.1, 0.15) is 11.9 Å². The average Bonchev–Trinajstić information content (AvgIpc) is 3.58. The summed E-state index contributed by atoms with van der Waals surface area (Å²) in [6.45, 7) is 0. The predicted octanol–water partition coefficient (Wildman–Crippen LogP) is -10.3. The van der Waals surface area contributed by atoms with Crippen molar-refractivity contribution in [2.45, 2.75) is 0 Å². The van der Waals surface area contributed by atoms with Gasteiger partial charge >= 0.3 is 23.6 Å². The molecule has 0 amide bonds. The first kappa shape index (κ1) is 24.0. The van der Waals surface area contributed by atoms with E-state index in [1.807, 2.05) is 10.2 Å². The van der Waals surface area contributed by atoms with Gasteiger partial charge in [0.05, 0.1) is 0 Å². The summed E-state index contributed by atoms with van der Waals surface area (Å²) in [7, 11) is 0. The first-order valence-corrected chi connectivity index (χ1v) is 8.00. The van der Waals surface area contributed by atoms with Crippen LogP contribution in [0.4, 0.5) is 11.6 Å². The van der Waals surface area contributed by atoms with Gasteiger partial charge in [0, 0.05) is 10.2 Å². The number of hydrogen-bond donors (Lipinski definition) is 8. The average molecular weight is 482 g/mol. The molecule has 26 nitrogen and oxygen atoms in total. The quantitative estimate of drug-likeness (QED) is 0.0439. The molecular weight excluding hydrogens is 468 g/mol. The summed E-state index contributed by atoms with van der Waals surface area (Å²) < 4.78 is 1.47. The number of nitrogens with zero attached hydrogens (tertiary/aromatic N) is 14. The second-order valence-corrected chi connectivity index (χ2v) is 5.24. The topological polar surface area (TPSA) is 412 Å². The summed E-state index contributed by atoms with van der Waals surface area (Å²) in [5.41, 5.74) is 18.3. The summed E-state index contributed by atoms with van der Waals surface area (Å²) in [6.07, 6.45) is 0. The maximum atomic E-state index is 11.3. The van der Waals surface area contributed by atoms with Crippen LogP contribution in [0.2, 0.25) is 0 Å². The van der Waals surface area contributed by atoms with E-state index < -0.39 is 21.5 Å². The Hall–Kier alpha value is -6.24. The molecule has 0 saturated heterocycles. The Labute approximate surface area is 183 Å². The van der Waals surface area contributed by atoms with Crippen molar-refractivity contribution < 1.29 is 20.0 Å². The molecule has 180 valence electrons. The lowest BCUT2D eigenvalue weighted by molar-refractivity contribution is -0.471. The van der Waals surface area contributed by atoms with Crippen LogP contribution in [-0.4, -0.2) is 72.4 Å². The number of nitrogens with one attached hydrogen (secondary N) is 2. The van der Waals surface area contributed by atoms with E-state index >= 15 is 0 Å². The van der Waals surface area contributed by atoms with E-state index in [-0.39, 0.29) is 34.8 Å². The van der Waals surface area contributed by atoms with E-state index in [2.05, 4.69) is 63.1 Å². The van der Waals surface area contributed by atoms with Crippen molar-refractivity contribution in [1.29, 1.82) is 0 Å². The van der Waals surface area contributed by atoms with E-state index in [1.165, 1.54) is 0 Å². The highest BCUT2D eigenvalue weighted by molar-refractivity contribution is 5.91.